The van der Waals surface area contributed by atoms with E-state index in [4.69, 9.17) is 0 Å². The van der Waals surface area contributed by atoms with Gasteiger partial charge in [-0.1, -0.05) is 0 Å². The predicted octanol–water partition coefficient (Wildman–Crippen LogP) is -0.511. The Kier molecular flexibility index (Phi) is 8.01. The maximum absolute atomic E-state index is 11.8. The molecule has 1 atom stereocenters. The van der Waals surface area contributed by atoms with Crippen LogP contribution in [-0.4, -0.2) is 55.7 Å². The molecule has 0 aromatic rings. The minimum atomic E-state index is -0.527. The molecule has 0 saturated carbocycles. The molecule has 0 aromatic heterocycles. The maximum Gasteiger partial charge on any atom is 0.245 e. The fraction of sp³-hybridized carbons (Fsp3) is 0.800. The monoisotopic (exact) mass is 247 g/mol. The number of rotatable bonds is 7. The van der Waals surface area contributed by atoms with Crippen LogP contribution in [0.25, 0.3) is 0 Å². The van der Waals surface area contributed by atoms with E-state index in [1.54, 1.807) is 11.9 Å². The third-order valence-corrected chi connectivity index (χ3v) is 2.52. The molecule has 0 radical (unpaired) electrons. The average molecular weight is 247 g/mol. The largest absolute Gasteiger partial charge is 0.344 e. The highest BCUT2D eigenvalue weighted by Crippen LogP contribution is 1.97. The molecule has 0 aliphatic carbocycles. The van der Waals surface area contributed by atoms with Crippen LogP contribution in [0.1, 0.15) is 13.3 Å². The predicted molar refractivity (Wildman–Crippen MR) is 67.6 cm³/mol. The Morgan fingerprint density at radius 1 is 1.44 bits per heavy atom. The van der Waals surface area contributed by atoms with Crippen LogP contribution in [0.5, 0.6) is 0 Å². The summed E-state index contributed by atoms with van der Waals surface area (Å²) < 4.78 is 0. The lowest BCUT2D eigenvalue weighted by atomic mass is 10.2. The molecule has 0 saturated heterocycles. The molecule has 94 valence electrons. The van der Waals surface area contributed by atoms with E-state index in [0.29, 0.717) is 12.3 Å². The summed E-state index contributed by atoms with van der Waals surface area (Å²) in [4.78, 5) is 24.3. The molecule has 0 heterocycles. The fourth-order valence-electron chi connectivity index (χ4n) is 1.30. The zero-order chi connectivity index (χ0) is 12.6. The summed E-state index contributed by atoms with van der Waals surface area (Å²) in [6, 6.07) is -0.527. The fourth-order valence-corrected chi connectivity index (χ4v) is 1.55. The number of hydrogen-bond acceptors (Lipinski definition) is 4. The van der Waals surface area contributed by atoms with Crippen molar-refractivity contribution < 1.29 is 9.59 Å². The van der Waals surface area contributed by atoms with Crippen molar-refractivity contribution in [2.45, 2.75) is 19.4 Å². The van der Waals surface area contributed by atoms with Gasteiger partial charge in [0.25, 0.3) is 0 Å². The number of carbonyl (C=O) groups is 2. The summed E-state index contributed by atoms with van der Waals surface area (Å²) in [6.07, 6.45) is 0.887. The zero-order valence-electron chi connectivity index (χ0n) is 10.1. The van der Waals surface area contributed by atoms with Crippen molar-refractivity contribution in [2.75, 3.05) is 32.9 Å². The van der Waals surface area contributed by atoms with Crippen LogP contribution < -0.4 is 10.6 Å². The normalized spacial score (nSPS) is 12.0. The van der Waals surface area contributed by atoms with Crippen molar-refractivity contribution in [3.8, 4) is 0 Å². The quantitative estimate of drug-likeness (QED) is 0.419. The van der Waals surface area contributed by atoms with Crippen molar-refractivity contribution in [2.24, 2.45) is 0 Å². The Morgan fingerprint density at radius 2 is 2.06 bits per heavy atom. The molecule has 16 heavy (non-hydrogen) atoms. The molecule has 0 rings (SSSR count). The standard InChI is InChI=1S/C10H21N3O2S/c1-8(14)12-9(7-16)10(15)13(3)6-4-5-11-2/h9,11,16H,4-7H2,1-3H3,(H,12,14). The average Bonchev–Trinajstić information content (AvgIpc) is 2.24. The third kappa shape index (κ3) is 5.97. The molecule has 0 aliphatic rings. The van der Waals surface area contributed by atoms with Crippen LogP contribution in [0.15, 0.2) is 0 Å². The molecule has 0 fully saturated rings. The second-order valence-electron chi connectivity index (χ2n) is 3.65. The van der Waals surface area contributed by atoms with Crippen molar-refractivity contribution in [1.29, 1.82) is 0 Å². The van der Waals surface area contributed by atoms with Crippen molar-refractivity contribution in [3.63, 3.8) is 0 Å². The van der Waals surface area contributed by atoms with Gasteiger partial charge in [0.1, 0.15) is 6.04 Å². The first-order chi connectivity index (χ1) is 7.52. The van der Waals surface area contributed by atoms with Gasteiger partial charge in [0, 0.05) is 26.3 Å². The lowest BCUT2D eigenvalue weighted by molar-refractivity contribution is -0.134. The molecule has 1 unspecified atom stereocenters. The highest BCUT2D eigenvalue weighted by atomic mass is 32.1. The molecule has 2 amide bonds. The second kappa shape index (κ2) is 8.41. The Morgan fingerprint density at radius 3 is 2.50 bits per heavy atom. The van der Waals surface area contributed by atoms with E-state index >= 15 is 0 Å². The topological polar surface area (TPSA) is 61.4 Å². The van der Waals surface area contributed by atoms with Gasteiger partial charge >= 0.3 is 0 Å². The van der Waals surface area contributed by atoms with E-state index in [2.05, 4.69) is 23.3 Å². The van der Waals surface area contributed by atoms with Gasteiger partial charge in [-0.15, -0.1) is 0 Å². The molecule has 5 nitrogen and oxygen atoms in total. The molecular weight excluding hydrogens is 226 g/mol. The molecule has 0 bridgehead atoms. The molecular formula is C10H21N3O2S. The molecule has 0 aromatic carbocycles. The summed E-state index contributed by atoms with van der Waals surface area (Å²) >= 11 is 4.06. The van der Waals surface area contributed by atoms with E-state index in [9.17, 15) is 9.59 Å². The number of carbonyl (C=O) groups excluding carboxylic acids is 2. The van der Waals surface area contributed by atoms with Crippen LogP contribution in [-0.2, 0) is 9.59 Å². The van der Waals surface area contributed by atoms with Crippen molar-refractivity contribution >= 4 is 24.4 Å². The van der Waals surface area contributed by atoms with Gasteiger partial charge in [0.05, 0.1) is 0 Å². The SMILES string of the molecule is CNCCCN(C)C(=O)C(CS)NC(C)=O. The van der Waals surface area contributed by atoms with Gasteiger partial charge in [-0.25, -0.2) is 0 Å². The Balaban J connectivity index is 4.11. The number of nitrogens with zero attached hydrogens (tertiary/aromatic N) is 1. The lowest BCUT2D eigenvalue weighted by Crippen LogP contribution is -2.48. The Hall–Kier alpha value is -0.750. The van der Waals surface area contributed by atoms with Crippen molar-refractivity contribution in [3.05, 3.63) is 0 Å². The minimum absolute atomic E-state index is 0.0960. The number of hydrogen-bond donors (Lipinski definition) is 3. The molecule has 6 heteroatoms. The van der Waals surface area contributed by atoms with Crippen LogP contribution in [0.2, 0.25) is 0 Å². The van der Waals surface area contributed by atoms with Crippen LogP contribution in [0.4, 0.5) is 0 Å². The van der Waals surface area contributed by atoms with Crippen molar-refractivity contribution in [1.82, 2.24) is 15.5 Å². The number of amides is 2. The van der Waals surface area contributed by atoms with Gasteiger partial charge in [-0.05, 0) is 20.0 Å². The van der Waals surface area contributed by atoms with Gasteiger partial charge in [-0.2, -0.15) is 12.6 Å². The summed E-state index contributed by atoms with van der Waals surface area (Å²) in [7, 11) is 3.60. The summed E-state index contributed by atoms with van der Waals surface area (Å²) in [5, 5.41) is 5.59. The highest BCUT2D eigenvalue weighted by Gasteiger charge is 2.20. The maximum atomic E-state index is 11.8. The highest BCUT2D eigenvalue weighted by molar-refractivity contribution is 7.80. The van der Waals surface area contributed by atoms with E-state index in [-0.39, 0.29) is 11.8 Å². The second-order valence-corrected chi connectivity index (χ2v) is 4.02. The minimum Gasteiger partial charge on any atom is -0.344 e. The molecule has 0 aliphatic heterocycles. The third-order valence-electron chi connectivity index (χ3n) is 2.15. The van der Waals surface area contributed by atoms with Crippen LogP contribution in [0, 0.1) is 0 Å². The molecule has 2 N–H and O–H groups in total. The van der Waals surface area contributed by atoms with E-state index in [1.807, 2.05) is 7.05 Å². The summed E-state index contributed by atoms with van der Waals surface area (Å²) in [5.74, 6) is 0.00624. The van der Waals surface area contributed by atoms with Gasteiger partial charge in [-0.3, -0.25) is 9.59 Å². The van der Waals surface area contributed by atoms with Crippen LogP contribution >= 0.6 is 12.6 Å². The smallest absolute Gasteiger partial charge is 0.245 e. The van der Waals surface area contributed by atoms with Gasteiger partial charge in [0.15, 0.2) is 0 Å². The summed E-state index contributed by atoms with van der Waals surface area (Å²) in [5.41, 5.74) is 0. The Labute approximate surface area is 102 Å². The van der Waals surface area contributed by atoms with E-state index in [0.717, 1.165) is 13.0 Å². The number of likely N-dealkylation sites (N-methyl/N-ethyl adjacent to an activating group) is 1. The van der Waals surface area contributed by atoms with Gasteiger partial charge < -0.3 is 15.5 Å². The first-order valence-electron chi connectivity index (χ1n) is 5.30. The lowest BCUT2D eigenvalue weighted by Gasteiger charge is -2.23. The molecule has 0 spiro atoms. The first kappa shape index (κ1) is 15.2. The van der Waals surface area contributed by atoms with E-state index < -0.39 is 6.04 Å². The number of nitrogens with one attached hydrogen (secondary N) is 2. The number of thiol groups is 1. The van der Waals surface area contributed by atoms with Crippen LogP contribution in [0.3, 0.4) is 0 Å². The van der Waals surface area contributed by atoms with E-state index in [1.165, 1.54) is 6.92 Å². The zero-order valence-corrected chi connectivity index (χ0v) is 11.0. The summed E-state index contributed by atoms with van der Waals surface area (Å²) in [6.45, 7) is 2.93. The first-order valence-corrected chi connectivity index (χ1v) is 5.93. The van der Waals surface area contributed by atoms with Gasteiger partial charge in [0.2, 0.25) is 11.8 Å². The Bertz CT molecular complexity index is 236.